The Hall–Kier alpha value is -0.450. The van der Waals surface area contributed by atoms with Crippen molar-refractivity contribution in [1.82, 2.24) is 15.2 Å². The van der Waals surface area contributed by atoms with Crippen molar-refractivity contribution in [2.24, 2.45) is 5.92 Å². The van der Waals surface area contributed by atoms with Crippen molar-refractivity contribution in [3.63, 3.8) is 0 Å². The van der Waals surface area contributed by atoms with E-state index in [0.717, 1.165) is 36.6 Å². The highest BCUT2D eigenvalue weighted by molar-refractivity contribution is 9.10. The van der Waals surface area contributed by atoms with Gasteiger partial charge in [-0.15, -0.1) is 0 Å². The van der Waals surface area contributed by atoms with Crippen molar-refractivity contribution in [1.29, 1.82) is 0 Å². The quantitative estimate of drug-likeness (QED) is 0.926. The van der Waals surface area contributed by atoms with Crippen molar-refractivity contribution >= 4 is 15.9 Å². The van der Waals surface area contributed by atoms with Crippen LogP contribution in [0.4, 0.5) is 0 Å². The van der Waals surface area contributed by atoms with Gasteiger partial charge < -0.3 is 5.32 Å². The lowest BCUT2D eigenvalue weighted by molar-refractivity contribution is 0.157. The van der Waals surface area contributed by atoms with Gasteiger partial charge in [0.2, 0.25) is 0 Å². The van der Waals surface area contributed by atoms with E-state index in [-0.39, 0.29) is 0 Å². The fourth-order valence-electron chi connectivity index (χ4n) is 2.70. The summed E-state index contributed by atoms with van der Waals surface area (Å²) in [6.45, 7) is 4.51. The van der Waals surface area contributed by atoms with Crippen LogP contribution in [0.15, 0.2) is 22.8 Å². The summed E-state index contributed by atoms with van der Waals surface area (Å²) in [4.78, 5) is 7.23. The fraction of sp³-hybridized carbons (Fsp3) is 0.643. The third kappa shape index (κ3) is 3.11. The molecule has 3 rings (SSSR count). The van der Waals surface area contributed by atoms with Gasteiger partial charge in [-0.3, -0.25) is 9.88 Å². The van der Waals surface area contributed by atoms with Gasteiger partial charge in [-0.2, -0.15) is 0 Å². The number of rotatable bonds is 4. The van der Waals surface area contributed by atoms with E-state index in [1.54, 1.807) is 0 Å². The molecule has 2 heterocycles. The Bertz CT molecular complexity index is 383. The number of pyridine rings is 1. The predicted octanol–water partition coefficient (Wildman–Crippen LogP) is 2.59. The Morgan fingerprint density at radius 2 is 2.11 bits per heavy atom. The van der Waals surface area contributed by atoms with Gasteiger partial charge in [0.25, 0.3) is 0 Å². The number of hydrogen-bond donors (Lipinski definition) is 1. The lowest BCUT2D eigenvalue weighted by Crippen LogP contribution is -2.45. The molecule has 1 atom stereocenters. The molecule has 1 aliphatic carbocycles. The minimum atomic E-state index is 0.521. The highest BCUT2D eigenvalue weighted by atomic mass is 79.9. The van der Waals surface area contributed by atoms with Crippen molar-refractivity contribution < 1.29 is 0 Å². The van der Waals surface area contributed by atoms with Gasteiger partial charge in [-0.1, -0.05) is 12.8 Å². The maximum absolute atomic E-state index is 4.63. The Morgan fingerprint density at radius 1 is 1.33 bits per heavy atom. The monoisotopic (exact) mass is 309 g/mol. The van der Waals surface area contributed by atoms with E-state index in [1.807, 2.05) is 6.20 Å². The van der Waals surface area contributed by atoms with Gasteiger partial charge in [-0.05, 0) is 40.4 Å². The molecule has 0 spiro atoms. The van der Waals surface area contributed by atoms with Crippen LogP contribution in [0.3, 0.4) is 0 Å². The number of hydrogen-bond acceptors (Lipinski definition) is 3. The highest BCUT2D eigenvalue weighted by Gasteiger charge is 2.30. The number of nitrogens with one attached hydrogen (secondary N) is 1. The van der Waals surface area contributed by atoms with Crippen molar-refractivity contribution in [2.45, 2.75) is 25.3 Å². The Morgan fingerprint density at radius 3 is 2.72 bits per heavy atom. The average Bonchev–Trinajstić information content (AvgIpc) is 3.22. The second kappa shape index (κ2) is 5.68. The summed E-state index contributed by atoms with van der Waals surface area (Å²) < 4.78 is 1.07. The molecule has 0 amide bonds. The van der Waals surface area contributed by atoms with Crippen LogP contribution in [0, 0.1) is 5.92 Å². The van der Waals surface area contributed by atoms with Crippen LogP contribution in [0.1, 0.15) is 31.0 Å². The fourth-order valence-corrected chi connectivity index (χ4v) is 2.94. The smallest absolute Gasteiger partial charge is 0.0576 e. The lowest BCUT2D eigenvalue weighted by atomic mass is 10.0. The average molecular weight is 310 g/mol. The van der Waals surface area contributed by atoms with E-state index in [4.69, 9.17) is 0 Å². The standard InChI is InChI=1S/C14H20BrN3/c15-12-3-4-13(17-10-12)14(9-11-1-2-11)18-7-5-16-6-8-18/h3-4,10-11,14,16H,1-2,5-9H2/t14-/m0/s1. The van der Waals surface area contributed by atoms with E-state index in [2.05, 4.69) is 43.3 Å². The molecule has 98 valence electrons. The summed E-state index contributed by atoms with van der Waals surface area (Å²) in [5, 5.41) is 3.43. The molecule has 1 saturated heterocycles. The molecule has 18 heavy (non-hydrogen) atoms. The molecule has 0 radical (unpaired) electrons. The van der Waals surface area contributed by atoms with Crippen LogP contribution in [0.25, 0.3) is 0 Å². The maximum atomic E-state index is 4.63. The molecular formula is C14H20BrN3. The molecule has 0 bridgehead atoms. The Kier molecular flexibility index (Phi) is 3.97. The minimum Gasteiger partial charge on any atom is -0.314 e. The van der Waals surface area contributed by atoms with Crippen molar-refractivity contribution in [3.8, 4) is 0 Å². The molecule has 1 aromatic heterocycles. The first-order valence-electron chi connectivity index (χ1n) is 6.89. The molecular weight excluding hydrogens is 290 g/mol. The summed E-state index contributed by atoms with van der Waals surface area (Å²) in [5.74, 6) is 0.940. The van der Waals surface area contributed by atoms with Crippen molar-refractivity contribution in [2.75, 3.05) is 26.2 Å². The summed E-state index contributed by atoms with van der Waals surface area (Å²) in [7, 11) is 0. The van der Waals surface area contributed by atoms with E-state index < -0.39 is 0 Å². The van der Waals surface area contributed by atoms with Crippen LogP contribution in [-0.4, -0.2) is 36.1 Å². The second-order valence-corrected chi connectivity index (χ2v) is 6.30. The number of halogens is 1. The van der Waals surface area contributed by atoms with E-state index >= 15 is 0 Å². The normalized spacial score (nSPS) is 22.9. The van der Waals surface area contributed by atoms with Gasteiger partial charge in [0.15, 0.2) is 0 Å². The third-order valence-corrected chi connectivity index (χ3v) is 4.41. The molecule has 1 saturated carbocycles. The molecule has 1 aromatic rings. The van der Waals surface area contributed by atoms with Crippen LogP contribution >= 0.6 is 15.9 Å². The zero-order chi connectivity index (χ0) is 12.4. The van der Waals surface area contributed by atoms with Crippen LogP contribution in [-0.2, 0) is 0 Å². The first-order valence-corrected chi connectivity index (χ1v) is 7.68. The highest BCUT2D eigenvalue weighted by Crippen LogP contribution is 2.39. The molecule has 1 N–H and O–H groups in total. The number of aromatic nitrogens is 1. The summed E-state index contributed by atoms with van der Waals surface area (Å²) in [6.07, 6.45) is 6.05. The second-order valence-electron chi connectivity index (χ2n) is 5.38. The number of piperazine rings is 1. The molecule has 0 aromatic carbocycles. The van der Waals surface area contributed by atoms with Crippen molar-refractivity contribution in [3.05, 3.63) is 28.5 Å². The van der Waals surface area contributed by atoms with E-state index in [9.17, 15) is 0 Å². The zero-order valence-electron chi connectivity index (χ0n) is 10.6. The lowest BCUT2D eigenvalue weighted by Gasteiger charge is -2.34. The molecule has 1 aliphatic heterocycles. The molecule has 4 heteroatoms. The van der Waals surface area contributed by atoms with Gasteiger partial charge in [0.1, 0.15) is 0 Å². The summed E-state index contributed by atoms with van der Waals surface area (Å²) in [6, 6.07) is 4.82. The maximum Gasteiger partial charge on any atom is 0.0576 e. The van der Waals surface area contributed by atoms with Gasteiger partial charge >= 0.3 is 0 Å². The summed E-state index contributed by atoms with van der Waals surface area (Å²) >= 11 is 3.47. The van der Waals surface area contributed by atoms with Crippen LogP contribution in [0.5, 0.6) is 0 Å². The zero-order valence-corrected chi connectivity index (χ0v) is 12.2. The Labute approximate surface area is 117 Å². The number of nitrogens with zero attached hydrogens (tertiary/aromatic N) is 2. The topological polar surface area (TPSA) is 28.2 Å². The Balaban J connectivity index is 1.76. The van der Waals surface area contributed by atoms with Gasteiger partial charge in [-0.25, -0.2) is 0 Å². The molecule has 0 unspecified atom stereocenters. The SMILES string of the molecule is Brc1ccc([C@H](CC2CC2)N2CCNCC2)nc1. The minimum absolute atomic E-state index is 0.521. The van der Waals surface area contributed by atoms with E-state index in [1.165, 1.54) is 25.0 Å². The third-order valence-electron chi connectivity index (χ3n) is 3.94. The van der Waals surface area contributed by atoms with Gasteiger partial charge in [0.05, 0.1) is 11.7 Å². The first kappa shape index (κ1) is 12.6. The summed E-state index contributed by atoms with van der Waals surface area (Å²) in [5.41, 5.74) is 1.24. The molecule has 2 fully saturated rings. The van der Waals surface area contributed by atoms with Crippen LogP contribution in [0.2, 0.25) is 0 Å². The molecule has 3 nitrogen and oxygen atoms in total. The first-order chi connectivity index (χ1) is 8.83. The van der Waals surface area contributed by atoms with E-state index in [0.29, 0.717) is 6.04 Å². The molecule has 2 aliphatic rings. The largest absolute Gasteiger partial charge is 0.314 e. The predicted molar refractivity (Wildman–Crippen MR) is 76.5 cm³/mol. The van der Waals surface area contributed by atoms with Crippen LogP contribution < -0.4 is 5.32 Å². The van der Waals surface area contributed by atoms with Gasteiger partial charge in [0, 0.05) is 36.8 Å².